The number of allylic oxidation sites excluding steroid dienone is 2. The first-order valence-electron chi connectivity index (χ1n) is 48.7. The van der Waals surface area contributed by atoms with Crippen LogP contribution in [0, 0.1) is 74.4 Å². The molecule has 794 valence electrons. The van der Waals surface area contributed by atoms with E-state index in [0.717, 1.165) is 11.9 Å². The summed E-state index contributed by atoms with van der Waals surface area (Å²) in [6, 6.07) is 0. The van der Waals surface area contributed by atoms with Gasteiger partial charge in [-0.15, -0.1) is 0 Å². The van der Waals surface area contributed by atoms with Gasteiger partial charge in [0.05, 0.1) is 112 Å². The van der Waals surface area contributed by atoms with E-state index in [4.69, 9.17) is 75.8 Å². The number of carbonyl (C=O) groups excluding carboxylic acids is 4. The van der Waals surface area contributed by atoms with Crippen molar-refractivity contribution in [3.8, 4) is 0 Å². The number of carboxylic acid groups (broad SMARTS) is 1. The van der Waals surface area contributed by atoms with E-state index in [-0.39, 0.29) is 50.4 Å². The van der Waals surface area contributed by atoms with Crippen LogP contribution in [0.1, 0.15) is 186 Å². The zero-order valence-corrected chi connectivity index (χ0v) is 80.1. The molecule has 0 spiro atoms. The molecule has 0 amide bonds. The Morgan fingerprint density at radius 3 is 1.80 bits per heavy atom. The fourth-order valence-electron chi connectivity index (χ4n) is 24.4. The molecular formula is C93H152O45. The number of aliphatic carboxylic acids is 1. The predicted molar refractivity (Wildman–Crippen MR) is 463 cm³/mol. The fraction of sp³-hybridized carbons (Fsp3) is 0.925. The zero-order chi connectivity index (χ0) is 102. The van der Waals surface area contributed by atoms with E-state index in [1.807, 2.05) is 27.7 Å². The molecule has 0 radical (unpaired) electrons. The number of aldehydes is 1. The molecule has 51 atom stereocenters. The second-order valence-electron chi connectivity index (χ2n) is 42.7. The van der Waals surface area contributed by atoms with Crippen molar-refractivity contribution in [3.63, 3.8) is 0 Å². The Morgan fingerprint density at radius 2 is 1.17 bits per heavy atom. The molecule has 8 unspecified atom stereocenters. The van der Waals surface area contributed by atoms with Gasteiger partial charge in [0, 0.05) is 31.3 Å². The Morgan fingerprint density at radius 1 is 0.543 bits per heavy atom. The molecule has 11 fully saturated rings. The van der Waals surface area contributed by atoms with Crippen LogP contribution in [0.15, 0.2) is 11.6 Å². The fourth-order valence-corrected chi connectivity index (χ4v) is 24.4. The molecule has 0 bridgehead atoms. The van der Waals surface area contributed by atoms with Crippen LogP contribution in [0.4, 0.5) is 0 Å². The maximum atomic E-state index is 15.9. The minimum absolute atomic E-state index is 0.0572. The number of carbonyl (C=O) groups is 5. The SMILES string of the molecule is CCC(C)C(CC(O)CC(=O)O[C@@H]1[C@H](O)[C@H](C)O[C@H](OC(=O)[C@@H]2CC(C)(C)C[C@@H]3C4=CCC5[C@@]6(C)CC[C@H](O[C@@H]7O[C@H](C(=O)O)[C@@H](O)[C@H](O[C@H]8OC[C@@H](O)[C@H](O)[C@H]8O)[C@H]7O[C@@H]7O[C@H](CO)[C@H](O)[C@H](O)[C@H]7O)[C@@](C)(C=O)[C@@H]6CC[C@@]5(C)[C@]4(C)C[C@@H](O)C32)[C@H]1O[C@H](O)[C@H](O)[C@H](O)[C@H](CC)O[C@H]1OC[C@@H](O)[C@H](O[C@H]2OC[C@](O)(CO)[C@H]2O)[C@H]1O)OC(=O)CC(O)CC(O[C@@H]1C[C@@H](CO)[C@H](O)[C@H]1O)C(C)CC. The van der Waals surface area contributed by atoms with Crippen molar-refractivity contribution >= 4 is 30.2 Å². The van der Waals surface area contributed by atoms with Crippen LogP contribution in [0.3, 0.4) is 0 Å². The lowest BCUT2D eigenvalue weighted by Crippen LogP contribution is -2.69. The molecule has 45 nitrogen and oxygen atoms in total. The van der Waals surface area contributed by atoms with Gasteiger partial charge in [-0.1, -0.05) is 101 Å². The van der Waals surface area contributed by atoms with Crippen molar-refractivity contribution < 1.29 is 222 Å². The van der Waals surface area contributed by atoms with Gasteiger partial charge in [-0.05, 0) is 122 Å². The normalized spacial score (nSPS) is 46.3. The first kappa shape index (κ1) is 113. The number of hydrogen-bond donors (Lipinski definition) is 24. The van der Waals surface area contributed by atoms with Gasteiger partial charge in [-0.25, -0.2) is 4.79 Å². The van der Waals surface area contributed by atoms with Crippen molar-refractivity contribution in [2.75, 3.05) is 39.6 Å². The lowest BCUT2D eigenvalue weighted by molar-refractivity contribution is -0.391. The number of carboxylic acids is 1. The average molecular weight is 1990 g/mol. The molecule has 12 rings (SSSR count). The topological polar surface area (TPSA) is 719 Å². The Kier molecular flexibility index (Phi) is 37.3. The maximum Gasteiger partial charge on any atom is 0.335 e. The van der Waals surface area contributed by atoms with E-state index in [1.54, 1.807) is 20.8 Å². The summed E-state index contributed by atoms with van der Waals surface area (Å²) < 4.78 is 95.9. The second-order valence-corrected chi connectivity index (χ2v) is 42.7. The number of aliphatic hydroxyl groups is 23. The van der Waals surface area contributed by atoms with Crippen molar-refractivity contribution in [3.05, 3.63) is 11.6 Å². The molecule has 45 heteroatoms. The highest BCUT2D eigenvalue weighted by molar-refractivity contribution is 5.74. The molecule has 6 saturated heterocycles. The largest absolute Gasteiger partial charge is 0.479 e. The molecular weight excluding hydrogens is 1840 g/mol. The number of fused-ring (bicyclic) bond motifs is 7. The Balaban J connectivity index is 0.785. The molecule has 24 N–H and O–H groups in total. The van der Waals surface area contributed by atoms with Crippen LogP contribution >= 0.6 is 0 Å². The summed E-state index contributed by atoms with van der Waals surface area (Å²) in [5.74, 6) is -9.70. The maximum absolute atomic E-state index is 15.9. The van der Waals surface area contributed by atoms with Gasteiger partial charge in [0.1, 0.15) is 128 Å². The van der Waals surface area contributed by atoms with E-state index < -0.39 is 384 Å². The average Bonchev–Trinajstić information content (AvgIpc) is 1.05. The van der Waals surface area contributed by atoms with Crippen LogP contribution in [0.2, 0.25) is 0 Å². The van der Waals surface area contributed by atoms with Gasteiger partial charge < -0.3 is 203 Å². The van der Waals surface area contributed by atoms with Gasteiger partial charge in [0.2, 0.25) is 6.29 Å². The molecule has 12 aliphatic rings. The van der Waals surface area contributed by atoms with Crippen LogP contribution in [-0.4, -0.2) is 431 Å². The van der Waals surface area contributed by atoms with E-state index in [0.29, 0.717) is 44.9 Å². The first-order valence-corrected chi connectivity index (χ1v) is 48.7. The van der Waals surface area contributed by atoms with Crippen molar-refractivity contribution in [1.82, 2.24) is 0 Å². The zero-order valence-electron chi connectivity index (χ0n) is 80.1. The van der Waals surface area contributed by atoms with E-state index in [9.17, 15) is 142 Å². The van der Waals surface area contributed by atoms with Gasteiger partial charge in [0.15, 0.2) is 56.1 Å². The lowest BCUT2D eigenvalue weighted by Gasteiger charge is -2.71. The summed E-state index contributed by atoms with van der Waals surface area (Å²) in [6.07, 6.45) is -64.0. The molecule has 5 saturated carbocycles. The quantitative estimate of drug-likeness (QED) is 0.00683. The highest BCUT2D eigenvalue weighted by Gasteiger charge is 2.71. The van der Waals surface area contributed by atoms with Crippen LogP contribution in [-0.2, 0) is 99.8 Å². The number of ether oxygens (including phenoxy) is 16. The Bertz CT molecular complexity index is 4020. The van der Waals surface area contributed by atoms with E-state index in [2.05, 4.69) is 26.8 Å². The molecule has 0 aromatic rings. The van der Waals surface area contributed by atoms with Crippen LogP contribution in [0.25, 0.3) is 0 Å². The predicted octanol–water partition coefficient (Wildman–Crippen LogP) is -5.18. The van der Waals surface area contributed by atoms with Gasteiger partial charge >= 0.3 is 23.9 Å². The summed E-state index contributed by atoms with van der Waals surface area (Å²) in [5.41, 5.74) is -5.75. The lowest BCUT2D eigenvalue weighted by atomic mass is 9.34. The highest BCUT2D eigenvalue weighted by Crippen LogP contribution is 2.75. The summed E-state index contributed by atoms with van der Waals surface area (Å²) in [6.45, 7) is 17.8. The summed E-state index contributed by atoms with van der Waals surface area (Å²) in [5, 5.41) is 267. The standard InChI is InChI=1S/C93H152O45/c1-13-37(4)50(127-52-22-40(30-94)61(106)64(52)109)23-41(98)25-57(103)128-51(38(5)14-2)24-42(99)26-58(104)132-73-60(105)39(6)126-85(76(73)133-81(121)67(112)63(108)49(15-3)129-83-71(116)72(48(102)33-124-83)134-87-78(117)93(122,35-97)36-125-87)138-80(120)44-28-88(7,8)27-43-45-16-17-55-89(9)20-19-56(90(10,34-96)54(89)18-21-91(55,11)92(45,12)29-46(100)59(43)44)131-86-77(137-84-69(114)66(111)65(110)53(31-95)130-84)74(70(115)75(136-86)79(118)119)135-82-68(113)62(107)47(101)32-123-82/h16,34,37-44,46-56,59-78,81-87,94-95,97-102,105-117,121-122H,13-15,17-33,35-36H2,1-12H3,(H,118,119)/t37?,38?,39-,40-,41?,42?,43+,44+,46+,47+,48+,49-,50?,51?,52+,53+,54+,55?,56-,59?,60+,61-,62-,63+,64-,65-,66-,67+,68+,69+,70-,71+,72-,73+,74-,75-,76-,77+,78-,81-,82+,83+,84-,85+,86+,87+,89-,90-,91+,92+,93+/m0/s1. The number of rotatable bonds is 39. The van der Waals surface area contributed by atoms with Crippen LogP contribution < -0.4 is 0 Å². The first-order chi connectivity index (χ1) is 64.8. The molecule has 6 aliphatic heterocycles. The van der Waals surface area contributed by atoms with Crippen molar-refractivity contribution in [2.45, 2.75) is 425 Å². The molecule has 138 heavy (non-hydrogen) atoms. The molecule has 6 heterocycles. The monoisotopic (exact) mass is 1990 g/mol. The summed E-state index contributed by atoms with van der Waals surface area (Å²) >= 11 is 0. The molecule has 6 aliphatic carbocycles. The van der Waals surface area contributed by atoms with Gasteiger partial charge in [-0.2, -0.15) is 0 Å². The molecule has 0 aromatic heterocycles. The van der Waals surface area contributed by atoms with E-state index >= 15 is 4.79 Å². The Labute approximate surface area is 799 Å². The molecule has 0 aromatic carbocycles. The van der Waals surface area contributed by atoms with Crippen LogP contribution in [0.5, 0.6) is 0 Å². The third kappa shape index (κ3) is 22.8. The second kappa shape index (κ2) is 45.7. The third-order valence-corrected chi connectivity index (χ3v) is 33.2. The number of aliphatic hydroxyl groups excluding tert-OH is 22. The minimum atomic E-state index is -2.66. The minimum Gasteiger partial charge on any atom is -0.479 e. The van der Waals surface area contributed by atoms with Gasteiger partial charge in [-0.3, -0.25) is 14.4 Å². The smallest absolute Gasteiger partial charge is 0.335 e. The number of esters is 3. The Hall–Kier alpha value is -4.15. The summed E-state index contributed by atoms with van der Waals surface area (Å²) in [7, 11) is 0. The van der Waals surface area contributed by atoms with Crippen molar-refractivity contribution in [2.24, 2.45) is 74.4 Å². The van der Waals surface area contributed by atoms with E-state index in [1.165, 1.54) is 13.8 Å². The third-order valence-electron chi connectivity index (χ3n) is 33.2. The summed E-state index contributed by atoms with van der Waals surface area (Å²) in [4.78, 5) is 71.7. The van der Waals surface area contributed by atoms with Crippen molar-refractivity contribution in [1.29, 1.82) is 0 Å². The number of hydrogen-bond acceptors (Lipinski definition) is 44. The highest BCUT2D eigenvalue weighted by atomic mass is 16.8. The van der Waals surface area contributed by atoms with Gasteiger partial charge in [0.25, 0.3) is 0 Å².